The predicted molar refractivity (Wildman–Crippen MR) is 67.0 cm³/mol. The van der Waals surface area contributed by atoms with Crippen molar-refractivity contribution in [2.24, 2.45) is 0 Å². The summed E-state index contributed by atoms with van der Waals surface area (Å²) in [6, 6.07) is 6.52. The van der Waals surface area contributed by atoms with Crippen LogP contribution in [0.25, 0.3) is 0 Å². The lowest BCUT2D eigenvalue weighted by Crippen LogP contribution is -2.15. The maximum absolute atomic E-state index is 5.44. The molecule has 16 heavy (non-hydrogen) atoms. The summed E-state index contributed by atoms with van der Waals surface area (Å²) in [6.45, 7) is 9.97. The Morgan fingerprint density at radius 1 is 1.31 bits per heavy atom. The average Bonchev–Trinajstić information content (AvgIpc) is 2.95. The molecule has 1 N–H and O–H groups in total. The van der Waals surface area contributed by atoms with Gasteiger partial charge in [0, 0.05) is 6.54 Å². The van der Waals surface area contributed by atoms with Gasteiger partial charge in [-0.2, -0.15) is 0 Å². The van der Waals surface area contributed by atoms with E-state index in [1.807, 2.05) is 0 Å². The monoisotopic (exact) mass is 219 g/mol. The Morgan fingerprint density at radius 2 is 1.94 bits per heavy atom. The van der Waals surface area contributed by atoms with Crippen LogP contribution in [0.5, 0.6) is 5.75 Å². The Morgan fingerprint density at radius 3 is 2.38 bits per heavy atom. The van der Waals surface area contributed by atoms with Gasteiger partial charge in [0.25, 0.3) is 0 Å². The van der Waals surface area contributed by atoms with Crippen molar-refractivity contribution in [3.8, 4) is 5.75 Å². The van der Waals surface area contributed by atoms with E-state index >= 15 is 0 Å². The van der Waals surface area contributed by atoms with E-state index in [1.165, 1.54) is 11.1 Å². The molecule has 0 aliphatic carbocycles. The average molecular weight is 219 g/mol. The standard InChI is InChI=1S/C14H21NO/c1-13(2,3)11-8-10(14(4)9-15-14)6-7-12(11)16-5/h6-8,15H,9H2,1-5H3. The second-order valence-electron chi connectivity index (χ2n) is 5.85. The number of nitrogens with one attached hydrogen (secondary N) is 1. The van der Waals surface area contributed by atoms with E-state index in [-0.39, 0.29) is 11.0 Å². The Labute approximate surface area is 98.0 Å². The highest BCUT2D eigenvalue weighted by Crippen LogP contribution is 2.37. The van der Waals surface area contributed by atoms with Gasteiger partial charge in [0.1, 0.15) is 5.75 Å². The van der Waals surface area contributed by atoms with Gasteiger partial charge in [-0.15, -0.1) is 0 Å². The first kappa shape index (κ1) is 11.5. The fourth-order valence-corrected chi connectivity index (χ4v) is 1.97. The van der Waals surface area contributed by atoms with E-state index in [2.05, 4.69) is 51.2 Å². The van der Waals surface area contributed by atoms with Crippen LogP contribution in [0.2, 0.25) is 0 Å². The third-order valence-electron chi connectivity index (χ3n) is 3.35. The summed E-state index contributed by atoms with van der Waals surface area (Å²) >= 11 is 0. The van der Waals surface area contributed by atoms with E-state index < -0.39 is 0 Å². The quantitative estimate of drug-likeness (QED) is 0.775. The van der Waals surface area contributed by atoms with Gasteiger partial charge in [0.15, 0.2) is 0 Å². The number of benzene rings is 1. The first-order chi connectivity index (χ1) is 7.37. The first-order valence-corrected chi connectivity index (χ1v) is 5.81. The molecule has 1 saturated heterocycles. The Hall–Kier alpha value is -1.02. The second kappa shape index (κ2) is 3.49. The van der Waals surface area contributed by atoms with Gasteiger partial charge in [-0.3, -0.25) is 0 Å². The third kappa shape index (κ3) is 1.94. The van der Waals surface area contributed by atoms with Crippen molar-refractivity contribution >= 4 is 0 Å². The molecule has 2 rings (SSSR count). The summed E-state index contributed by atoms with van der Waals surface area (Å²) in [5.41, 5.74) is 2.94. The zero-order valence-electron chi connectivity index (χ0n) is 10.8. The maximum atomic E-state index is 5.44. The van der Waals surface area contributed by atoms with Crippen LogP contribution in [-0.4, -0.2) is 13.7 Å². The summed E-state index contributed by atoms with van der Waals surface area (Å²) in [5, 5.41) is 3.40. The molecular weight excluding hydrogens is 198 g/mol. The molecule has 1 atom stereocenters. The van der Waals surface area contributed by atoms with E-state index in [1.54, 1.807) is 7.11 Å². The predicted octanol–water partition coefficient (Wildman–Crippen LogP) is 2.81. The van der Waals surface area contributed by atoms with Crippen molar-refractivity contribution in [3.05, 3.63) is 29.3 Å². The normalized spacial score (nSPS) is 24.3. The van der Waals surface area contributed by atoms with Crippen molar-refractivity contribution in [2.45, 2.75) is 38.6 Å². The molecule has 1 unspecified atom stereocenters. The van der Waals surface area contributed by atoms with E-state index in [4.69, 9.17) is 4.74 Å². The van der Waals surface area contributed by atoms with Crippen LogP contribution in [0.15, 0.2) is 18.2 Å². The van der Waals surface area contributed by atoms with Crippen LogP contribution >= 0.6 is 0 Å². The number of methoxy groups -OCH3 is 1. The lowest BCUT2D eigenvalue weighted by atomic mass is 9.84. The summed E-state index contributed by atoms with van der Waals surface area (Å²) in [6.07, 6.45) is 0. The zero-order valence-corrected chi connectivity index (χ0v) is 10.8. The number of ether oxygens (including phenoxy) is 1. The third-order valence-corrected chi connectivity index (χ3v) is 3.35. The summed E-state index contributed by atoms with van der Waals surface area (Å²) in [4.78, 5) is 0. The first-order valence-electron chi connectivity index (χ1n) is 5.81. The Bertz CT molecular complexity index is 400. The molecule has 1 aliphatic rings. The van der Waals surface area contributed by atoms with Crippen molar-refractivity contribution in [3.63, 3.8) is 0 Å². The van der Waals surface area contributed by atoms with Gasteiger partial charge in [0.2, 0.25) is 0 Å². The van der Waals surface area contributed by atoms with Gasteiger partial charge in [0.05, 0.1) is 12.6 Å². The summed E-state index contributed by atoms with van der Waals surface area (Å²) in [5.74, 6) is 0.987. The molecular formula is C14H21NO. The van der Waals surface area contributed by atoms with Crippen molar-refractivity contribution in [1.29, 1.82) is 0 Å². The van der Waals surface area contributed by atoms with Gasteiger partial charge < -0.3 is 10.1 Å². The minimum Gasteiger partial charge on any atom is -0.496 e. The van der Waals surface area contributed by atoms with Crippen molar-refractivity contribution in [1.82, 2.24) is 5.32 Å². The molecule has 0 radical (unpaired) electrons. The van der Waals surface area contributed by atoms with Crippen molar-refractivity contribution in [2.75, 3.05) is 13.7 Å². The Balaban J connectivity index is 2.47. The van der Waals surface area contributed by atoms with E-state index in [0.717, 1.165) is 12.3 Å². The molecule has 0 aromatic heterocycles. The molecule has 0 spiro atoms. The minimum absolute atomic E-state index is 0.118. The molecule has 1 aliphatic heterocycles. The van der Waals surface area contributed by atoms with Crippen LogP contribution in [0.3, 0.4) is 0 Å². The van der Waals surface area contributed by atoms with Crippen molar-refractivity contribution < 1.29 is 4.74 Å². The fraction of sp³-hybridized carbons (Fsp3) is 0.571. The van der Waals surface area contributed by atoms with E-state index in [9.17, 15) is 0 Å². The second-order valence-corrected chi connectivity index (χ2v) is 5.85. The molecule has 1 aromatic carbocycles. The van der Waals surface area contributed by atoms with Crippen LogP contribution < -0.4 is 10.1 Å². The van der Waals surface area contributed by atoms with Gasteiger partial charge in [-0.1, -0.05) is 26.8 Å². The maximum Gasteiger partial charge on any atom is 0.122 e. The summed E-state index contributed by atoms with van der Waals surface area (Å²) < 4.78 is 5.44. The molecule has 2 heteroatoms. The Kier molecular flexibility index (Phi) is 2.50. The minimum atomic E-state index is 0.118. The van der Waals surface area contributed by atoms with Gasteiger partial charge in [-0.25, -0.2) is 0 Å². The highest BCUT2D eigenvalue weighted by Gasteiger charge is 2.39. The van der Waals surface area contributed by atoms with Gasteiger partial charge in [-0.05, 0) is 35.6 Å². The molecule has 0 bridgehead atoms. The lowest BCUT2D eigenvalue weighted by molar-refractivity contribution is 0.397. The van der Waals surface area contributed by atoms with Crippen LogP contribution in [0.1, 0.15) is 38.8 Å². The molecule has 1 fully saturated rings. The molecule has 1 aromatic rings. The smallest absolute Gasteiger partial charge is 0.122 e. The molecule has 1 heterocycles. The lowest BCUT2D eigenvalue weighted by Gasteiger charge is -2.23. The molecule has 0 amide bonds. The zero-order chi connectivity index (χ0) is 12.0. The number of hydrogen-bond acceptors (Lipinski definition) is 2. The molecule has 88 valence electrons. The summed E-state index contributed by atoms with van der Waals surface area (Å²) in [7, 11) is 1.74. The van der Waals surface area contributed by atoms with Crippen LogP contribution in [-0.2, 0) is 11.0 Å². The molecule has 0 saturated carbocycles. The van der Waals surface area contributed by atoms with E-state index in [0.29, 0.717) is 0 Å². The van der Waals surface area contributed by atoms with Crippen LogP contribution in [0.4, 0.5) is 0 Å². The topological polar surface area (TPSA) is 31.2 Å². The number of hydrogen-bond donors (Lipinski definition) is 1. The number of rotatable bonds is 2. The largest absolute Gasteiger partial charge is 0.496 e. The highest BCUT2D eigenvalue weighted by molar-refractivity contribution is 5.45. The van der Waals surface area contributed by atoms with Crippen LogP contribution in [0, 0.1) is 0 Å². The van der Waals surface area contributed by atoms with Gasteiger partial charge >= 0.3 is 0 Å². The highest BCUT2D eigenvalue weighted by atomic mass is 16.5. The molecule has 2 nitrogen and oxygen atoms in total. The fourth-order valence-electron chi connectivity index (χ4n) is 1.97. The SMILES string of the molecule is COc1ccc(C2(C)CN2)cc1C(C)(C)C.